The van der Waals surface area contributed by atoms with Gasteiger partial charge in [-0.2, -0.15) is 5.10 Å². The van der Waals surface area contributed by atoms with Gasteiger partial charge in [-0.15, -0.1) is 0 Å². The number of carbonyl (C=O) groups excluding carboxylic acids is 1. The minimum atomic E-state index is -0.960. The van der Waals surface area contributed by atoms with Crippen LogP contribution in [0.5, 0.6) is 0 Å². The van der Waals surface area contributed by atoms with E-state index in [9.17, 15) is 14.7 Å². The molecule has 1 amide bonds. The summed E-state index contributed by atoms with van der Waals surface area (Å²) in [4.78, 5) is 25.3. The number of carbonyl (C=O) groups is 2. The molecule has 7 heteroatoms. The lowest BCUT2D eigenvalue weighted by molar-refractivity contribution is -0.141. The molecule has 6 nitrogen and oxygen atoms in total. The third kappa shape index (κ3) is 2.82. The Morgan fingerprint density at radius 3 is 2.65 bits per heavy atom. The Labute approximate surface area is 138 Å². The zero-order valence-electron chi connectivity index (χ0n) is 12.6. The number of hydrogen-bond acceptors (Lipinski definition) is 3. The summed E-state index contributed by atoms with van der Waals surface area (Å²) in [5.74, 6) is -1.24. The Balaban J connectivity index is 1.91. The van der Waals surface area contributed by atoms with Crippen LogP contribution < -0.4 is 0 Å². The predicted molar refractivity (Wildman–Crippen MR) is 85.0 cm³/mol. The van der Waals surface area contributed by atoms with Gasteiger partial charge in [0.15, 0.2) is 0 Å². The third-order valence-electron chi connectivity index (χ3n) is 4.11. The summed E-state index contributed by atoms with van der Waals surface area (Å²) in [6, 6.07) is 6.38. The van der Waals surface area contributed by atoms with Gasteiger partial charge in [0, 0.05) is 11.6 Å². The van der Waals surface area contributed by atoms with Gasteiger partial charge in [-0.25, -0.2) is 9.48 Å². The van der Waals surface area contributed by atoms with Gasteiger partial charge in [0.05, 0.1) is 23.1 Å². The van der Waals surface area contributed by atoms with Crippen LogP contribution in [-0.2, 0) is 4.79 Å². The van der Waals surface area contributed by atoms with Crippen LogP contribution in [-0.4, -0.2) is 44.3 Å². The molecule has 0 bridgehead atoms. The fourth-order valence-corrected chi connectivity index (χ4v) is 3.01. The maximum Gasteiger partial charge on any atom is 0.326 e. The van der Waals surface area contributed by atoms with E-state index in [0.717, 1.165) is 5.69 Å². The lowest BCUT2D eigenvalue weighted by Gasteiger charge is -2.21. The Bertz CT molecular complexity index is 754. The van der Waals surface area contributed by atoms with Crippen LogP contribution in [0, 0.1) is 6.92 Å². The number of likely N-dealkylation sites (tertiary alicyclic amines) is 1. The van der Waals surface area contributed by atoms with Crippen molar-refractivity contribution in [2.45, 2.75) is 25.8 Å². The zero-order chi connectivity index (χ0) is 16.6. The highest BCUT2D eigenvalue weighted by Gasteiger charge is 2.35. The van der Waals surface area contributed by atoms with Crippen molar-refractivity contribution in [3.05, 3.63) is 46.7 Å². The first kappa shape index (κ1) is 15.6. The largest absolute Gasteiger partial charge is 0.480 e. The monoisotopic (exact) mass is 333 g/mol. The van der Waals surface area contributed by atoms with Gasteiger partial charge in [0.1, 0.15) is 6.04 Å². The molecule has 0 saturated carbocycles. The molecule has 2 heterocycles. The molecular formula is C16H16ClN3O3. The maximum atomic E-state index is 12.7. The van der Waals surface area contributed by atoms with Crippen molar-refractivity contribution in [3.63, 3.8) is 0 Å². The number of halogens is 1. The number of aliphatic carboxylic acids is 1. The number of nitrogens with zero attached hydrogens (tertiary/aromatic N) is 3. The Morgan fingerprint density at radius 1 is 1.30 bits per heavy atom. The second kappa shape index (κ2) is 6.04. The lowest BCUT2D eigenvalue weighted by Crippen LogP contribution is -2.40. The first-order chi connectivity index (χ1) is 11.0. The van der Waals surface area contributed by atoms with Crippen molar-refractivity contribution in [2.75, 3.05) is 6.54 Å². The highest BCUT2D eigenvalue weighted by Crippen LogP contribution is 2.23. The molecule has 3 rings (SSSR count). The molecule has 1 fully saturated rings. The lowest BCUT2D eigenvalue weighted by atomic mass is 10.2. The summed E-state index contributed by atoms with van der Waals surface area (Å²) in [7, 11) is 0. The summed E-state index contributed by atoms with van der Waals surface area (Å²) >= 11 is 5.88. The molecule has 0 radical (unpaired) electrons. The second-order valence-corrected chi connectivity index (χ2v) is 5.96. The van der Waals surface area contributed by atoms with Crippen molar-refractivity contribution in [3.8, 4) is 5.69 Å². The van der Waals surface area contributed by atoms with Gasteiger partial charge >= 0.3 is 5.97 Å². The van der Waals surface area contributed by atoms with E-state index in [4.69, 9.17) is 11.6 Å². The highest BCUT2D eigenvalue weighted by molar-refractivity contribution is 6.30. The van der Waals surface area contributed by atoms with Crippen LogP contribution in [0.4, 0.5) is 0 Å². The van der Waals surface area contributed by atoms with Crippen LogP contribution >= 0.6 is 11.6 Å². The molecule has 1 unspecified atom stereocenters. The van der Waals surface area contributed by atoms with Crippen molar-refractivity contribution >= 4 is 23.5 Å². The number of amides is 1. The van der Waals surface area contributed by atoms with E-state index in [1.807, 2.05) is 12.1 Å². The van der Waals surface area contributed by atoms with Gasteiger partial charge in [-0.05, 0) is 44.0 Å². The summed E-state index contributed by atoms with van der Waals surface area (Å²) in [5.41, 5.74) is 1.89. The molecule has 23 heavy (non-hydrogen) atoms. The van der Waals surface area contributed by atoms with E-state index in [-0.39, 0.29) is 5.91 Å². The van der Waals surface area contributed by atoms with Crippen LogP contribution in [0.1, 0.15) is 28.9 Å². The predicted octanol–water partition coefficient (Wildman–Crippen LogP) is 2.52. The molecular weight excluding hydrogens is 318 g/mol. The average molecular weight is 334 g/mol. The Hall–Kier alpha value is -2.34. The molecule has 2 aromatic rings. The van der Waals surface area contributed by atoms with Gasteiger partial charge < -0.3 is 10.0 Å². The molecule has 0 aliphatic carbocycles. The molecule has 1 saturated heterocycles. The SMILES string of the molecule is Cc1c(C(=O)N2CCCC2C(=O)O)cnn1-c1ccc(Cl)cc1. The normalized spacial score (nSPS) is 17.5. The van der Waals surface area contributed by atoms with E-state index < -0.39 is 12.0 Å². The minimum absolute atomic E-state index is 0.285. The Morgan fingerprint density at radius 2 is 2.00 bits per heavy atom. The fraction of sp³-hybridized carbons (Fsp3) is 0.312. The van der Waals surface area contributed by atoms with E-state index in [2.05, 4.69) is 5.10 Å². The number of benzene rings is 1. The van der Waals surface area contributed by atoms with Gasteiger partial charge in [-0.1, -0.05) is 11.6 Å². The zero-order valence-corrected chi connectivity index (χ0v) is 13.3. The number of carboxylic acids is 1. The molecule has 1 atom stereocenters. The van der Waals surface area contributed by atoms with Gasteiger partial charge in [0.2, 0.25) is 0 Å². The van der Waals surface area contributed by atoms with Crippen LogP contribution in [0.2, 0.25) is 5.02 Å². The van der Waals surface area contributed by atoms with E-state index in [1.165, 1.54) is 11.1 Å². The fourth-order valence-electron chi connectivity index (χ4n) is 2.88. The number of hydrogen-bond donors (Lipinski definition) is 1. The smallest absolute Gasteiger partial charge is 0.326 e. The molecule has 120 valence electrons. The highest BCUT2D eigenvalue weighted by atomic mass is 35.5. The van der Waals surface area contributed by atoms with E-state index in [1.54, 1.807) is 23.7 Å². The van der Waals surface area contributed by atoms with Gasteiger partial charge in [0.25, 0.3) is 5.91 Å². The standard InChI is InChI=1S/C16H16ClN3O3/c1-10-13(15(21)19-8-2-3-14(19)16(22)23)9-18-20(10)12-6-4-11(17)5-7-12/h4-7,9,14H,2-3,8H2,1H3,(H,22,23). The molecule has 1 aromatic carbocycles. The maximum absolute atomic E-state index is 12.7. The van der Waals surface area contributed by atoms with Crippen molar-refractivity contribution < 1.29 is 14.7 Å². The van der Waals surface area contributed by atoms with Crippen molar-refractivity contribution in [2.24, 2.45) is 0 Å². The van der Waals surface area contributed by atoms with Crippen LogP contribution in [0.25, 0.3) is 5.69 Å². The van der Waals surface area contributed by atoms with E-state index in [0.29, 0.717) is 35.7 Å². The molecule has 1 aliphatic rings. The summed E-state index contributed by atoms with van der Waals surface area (Å²) in [6.07, 6.45) is 2.68. The summed E-state index contributed by atoms with van der Waals surface area (Å²) in [5, 5.41) is 14.1. The minimum Gasteiger partial charge on any atom is -0.480 e. The molecule has 1 aromatic heterocycles. The summed E-state index contributed by atoms with van der Waals surface area (Å²) < 4.78 is 1.65. The van der Waals surface area contributed by atoms with E-state index >= 15 is 0 Å². The molecule has 1 N–H and O–H groups in total. The first-order valence-electron chi connectivity index (χ1n) is 7.33. The third-order valence-corrected chi connectivity index (χ3v) is 4.36. The van der Waals surface area contributed by atoms with Gasteiger partial charge in [-0.3, -0.25) is 4.79 Å². The van der Waals surface area contributed by atoms with Crippen molar-refractivity contribution in [1.82, 2.24) is 14.7 Å². The number of aromatic nitrogens is 2. The molecule has 1 aliphatic heterocycles. The van der Waals surface area contributed by atoms with Crippen LogP contribution in [0.15, 0.2) is 30.5 Å². The number of rotatable bonds is 3. The topological polar surface area (TPSA) is 75.4 Å². The molecule has 0 spiro atoms. The summed E-state index contributed by atoms with van der Waals surface area (Å²) in [6.45, 7) is 2.25. The number of carboxylic acid groups (broad SMARTS) is 1. The van der Waals surface area contributed by atoms with Crippen LogP contribution in [0.3, 0.4) is 0 Å². The quantitative estimate of drug-likeness (QED) is 0.936. The average Bonchev–Trinajstić information content (AvgIpc) is 3.14. The Kier molecular flexibility index (Phi) is 4.09. The van der Waals surface area contributed by atoms with Crippen molar-refractivity contribution in [1.29, 1.82) is 0 Å². The second-order valence-electron chi connectivity index (χ2n) is 5.53. The first-order valence-corrected chi connectivity index (χ1v) is 7.71.